The summed E-state index contributed by atoms with van der Waals surface area (Å²) in [5.41, 5.74) is 2.04. The Morgan fingerprint density at radius 2 is 2.11 bits per heavy atom. The highest BCUT2D eigenvalue weighted by atomic mass is 16.5. The number of aryl methyl sites for hydroxylation is 1. The van der Waals surface area contributed by atoms with Crippen LogP contribution in [-0.4, -0.2) is 23.1 Å². The van der Waals surface area contributed by atoms with Gasteiger partial charge in [0.2, 0.25) is 5.88 Å². The van der Waals surface area contributed by atoms with Crippen molar-refractivity contribution in [2.45, 2.75) is 13.8 Å². The van der Waals surface area contributed by atoms with Crippen LogP contribution < -0.4 is 10.6 Å². The molecule has 0 aliphatic heterocycles. The monoisotopic (exact) mass is 246 g/mol. The number of hydrogen-bond donors (Lipinski definition) is 2. The van der Waals surface area contributed by atoms with Crippen molar-refractivity contribution in [2.24, 2.45) is 0 Å². The van der Waals surface area contributed by atoms with Gasteiger partial charge in [-0.25, -0.2) is 4.98 Å². The minimum Gasteiger partial charge on any atom is -0.373 e. The highest BCUT2D eigenvalue weighted by Crippen LogP contribution is 2.18. The van der Waals surface area contributed by atoms with Crippen LogP contribution in [0.2, 0.25) is 0 Å². The van der Waals surface area contributed by atoms with Crippen LogP contribution in [0.4, 0.5) is 11.7 Å². The van der Waals surface area contributed by atoms with Crippen molar-refractivity contribution < 1.29 is 9.32 Å². The van der Waals surface area contributed by atoms with Gasteiger partial charge in [0.25, 0.3) is 5.91 Å². The van der Waals surface area contributed by atoms with Gasteiger partial charge < -0.3 is 9.84 Å². The van der Waals surface area contributed by atoms with Crippen LogP contribution in [-0.2, 0) is 0 Å². The third-order valence-corrected chi connectivity index (χ3v) is 2.67. The summed E-state index contributed by atoms with van der Waals surface area (Å²) >= 11 is 0. The Balaban J connectivity index is 2.14. The normalized spacial score (nSPS) is 10.2. The number of anilines is 2. The molecule has 6 nitrogen and oxygen atoms in total. The SMILES string of the molecule is CNc1ccc(C(=O)Nc2onc(C)c2C)cn1. The zero-order valence-electron chi connectivity index (χ0n) is 10.4. The van der Waals surface area contributed by atoms with E-state index in [0.29, 0.717) is 17.3 Å². The summed E-state index contributed by atoms with van der Waals surface area (Å²) in [4.78, 5) is 16.0. The molecule has 0 radical (unpaired) electrons. The number of carbonyl (C=O) groups is 1. The molecule has 0 fully saturated rings. The maximum atomic E-state index is 11.9. The van der Waals surface area contributed by atoms with E-state index < -0.39 is 0 Å². The largest absolute Gasteiger partial charge is 0.373 e. The van der Waals surface area contributed by atoms with Crippen LogP contribution in [0.25, 0.3) is 0 Å². The Morgan fingerprint density at radius 3 is 2.61 bits per heavy atom. The van der Waals surface area contributed by atoms with E-state index in [1.165, 1.54) is 6.20 Å². The van der Waals surface area contributed by atoms with Crippen LogP contribution >= 0.6 is 0 Å². The number of amides is 1. The first-order valence-corrected chi connectivity index (χ1v) is 5.50. The van der Waals surface area contributed by atoms with Crippen LogP contribution in [0, 0.1) is 13.8 Å². The second kappa shape index (κ2) is 4.87. The Bertz CT molecular complexity index is 560. The van der Waals surface area contributed by atoms with Crippen molar-refractivity contribution in [3.63, 3.8) is 0 Å². The highest BCUT2D eigenvalue weighted by Gasteiger charge is 2.13. The minimum absolute atomic E-state index is 0.274. The van der Waals surface area contributed by atoms with Gasteiger partial charge >= 0.3 is 0 Å². The lowest BCUT2D eigenvalue weighted by Crippen LogP contribution is -2.12. The van der Waals surface area contributed by atoms with E-state index in [4.69, 9.17) is 4.52 Å². The first-order valence-electron chi connectivity index (χ1n) is 5.50. The van der Waals surface area contributed by atoms with Crippen molar-refractivity contribution in [1.29, 1.82) is 0 Å². The Morgan fingerprint density at radius 1 is 1.33 bits per heavy atom. The molecular formula is C12H14N4O2. The van der Waals surface area contributed by atoms with Gasteiger partial charge in [-0.3, -0.25) is 10.1 Å². The highest BCUT2D eigenvalue weighted by molar-refractivity contribution is 6.03. The van der Waals surface area contributed by atoms with Crippen LogP contribution in [0.3, 0.4) is 0 Å². The number of aromatic nitrogens is 2. The number of carbonyl (C=O) groups excluding carboxylic acids is 1. The van der Waals surface area contributed by atoms with E-state index in [-0.39, 0.29) is 5.91 Å². The fourth-order valence-corrected chi connectivity index (χ4v) is 1.38. The first-order chi connectivity index (χ1) is 8.61. The van der Waals surface area contributed by atoms with Crippen molar-refractivity contribution >= 4 is 17.6 Å². The Kier molecular flexibility index (Phi) is 3.27. The lowest BCUT2D eigenvalue weighted by molar-refractivity contribution is 0.102. The number of nitrogens with zero attached hydrogens (tertiary/aromatic N) is 2. The van der Waals surface area contributed by atoms with Crippen molar-refractivity contribution in [2.75, 3.05) is 17.7 Å². The number of rotatable bonds is 3. The molecule has 94 valence electrons. The van der Waals surface area contributed by atoms with Gasteiger partial charge in [-0.15, -0.1) is 0 Å². The van der Waals surface area contributed by atoms with Crippen LogP contribution in [0.5, 0.6) is 0 Å². The summed E-state index contributed by atoms with van der Waals surface area (Å²) in [5.74, 6) is 0.804. The van der Waals surface area contributed by atoms with Gasteiger partial charge in [-0.2, -0.15) is 0 Å². The zero-order chi connectivity index (χ0) is 13.1. The maximum absolute atomic E-state index is 11.9. The molecule has 0 spiro atoms. The first kappa shape index (κ1) is 12.1. The molecule has 0 saturated heterocycles. The smallest absolute Gasteiger partial charge is 0.259 e. The van der Waals surface area contributed by atoms with E-state index >= 15 is 0 Å². The average Bonchev–Trinajstić information content (AvgIpc) is 2.71. The third-order valence-electron chi connectivity index (χ3n) is 2.67. The second-order valence-electron chi connectivity index (χ2n) is 3.86. The predicted molar refractivity (Wildman–Crippen MR) is 67.7 cm³/mol. The molecule has 0 aromatic carbocycles. The molecule has 2 rings (SSSR count). The molecule has 1 amide bonds. The van der Waals surface area contributed by atoms with Gasteiger partial charge in [0.05, 0.1) is 11.3 Å². The number of hydrogen-bond acceptors (Lipinski definition) is 5. The summed E-state index contributed by atoms with van der Waals surface area (Å²) in [6.45, 7) is 3.65. The van der Waals surface area contributed by atoms with Gasteiger partial charge in [0.15, 0.2) is 0 Å². The molecule has 2 aromatic rings. The quantitative estimate of drug-likeness (QED) is 0.865. The molecule has 2 aromatic heterocycles. The van der Waals surface area contributed by atoms with Crippen molar-refractivity contribution in [3.05, 3.63) is 35.2 Å². The molecule has 0 unspecified atom stereocenters. The Hall–Kier alpha value is -2.37. The molecule has 18 heavy (non-hydrogen) atoms. The molecule has 0 bridgehead atoms. The summed E-state index contributed by atoms with van der Waals surface area (Å²) in [6, 6.07) is 3.42. The lowest BCUT2D eigenvalue weighted by Gasteiger charge is -2.03. The summed E-state index contributed by atoms with van der Waals surface area (Å²) in [7, 11) is 1.77. The molecule has 2 heterocycles. The van der Waals surface area contributed by atoms with Crippen molar-refractivity contribution in [1.82, 2.24) is 10.1 Å². The van der Waals surface area contributed by atoms with E-state index in [0.717, 1.165) is 11.3 Å². The minimum atomic E-state index is -0.274. The molecule has 6 heteroatoms. The van der Waals surface area contributed by atoms with E-state index in [2.05, 4.69) is 20.8 Å². The van der Waals surface area contributed by atoms with E-state index in [1.54, 1.807) is 19.2 Å². The maximum Gasteiger partial charge on any atom is 0.259 e. The average molecular weight is 246 g/mol. The van der Waals surface area contributed by atoms with Gasteiger partial charge in [0.1, 0.15) is 5.82 Å². The van der Waals surface area contributed by atoms with Crippen LogP contribution in [0.15, 0.2) is 22.9 Å². The zero-order valence-corrected chi connectivity index (χ0v) is 10.4. The topological polar surface area (TPSA) is 80.0 Å². The molecule has 0 aliphatic carbocycles. The number of pyridine rings is 1. The molecule has 2 N–H and O–H groups in total. The predicted octanol–water partition coefficient (Wildman–Crippen LogP) is 1.98. The van der Waals surface area contributed by atoms with Gasteiger partial charge in [-0.05, 0) is 26.0 Å². The lowest BCUT2D eigenvalue weighted by atomic mass is 10.2. The van der Waals surface area contributed by atoms with Crippen LogP contribution in [0.1, 0.15) is 21.6 Å². The summed E-state index contributed by atoms with van der Waals surface area (Å²) in [6.07, 6.45) is 1.50. The fraction of sp³-hybridized carbons (Fsp3) is 0.250. The Labute approximate surface area is 104 Å². The standard InChI is InChI=1S/C12H14N4O2/c1-7-8(2)16-18-12(7)15-11(17)9-4-5-10(13-3)14-6-9/h4-6H,1-3H3,(H,13,14)(H,15,17). The molecular weight excluding hydrogens is 232 g/mol. The van der Waals surface area contributed by atoms with Gasteiger partial charge in [0, 0.05) is 18.8 Å². The van der Waals surface area contributed by atoms with Gasteiger partial charge in [-0.1, -0.05) is 5.16 Å². The van der Waals surface area contributed by atoms with E-state index in [9.17, 15) is 4.79 Å². The van der Waals surface area contributed by atoms with E-state index in [1.807, 2.05) is 13.8 Å². The summed E-state index contributed by atoms with van der Waals surface area (Å²) < 4.78 is 5.02. The fourth-order valence-electron chi connectivity index (χ4n) is 1.38. The molecule has 0 saturated carbocycles. The molecule has 0 atom stereocenters. The summed E-state index contributed by atoms with van der Waals surface area (Å²) in [5, 5.41) is 9.32. The number of nitrogens with one attached hydrogen (secondary N) is 2. The van der Waals surface area contributed by atoms with Crippen molar-refractivity contribution in [3.8, 4) is 0 Å². The second-order valence-corrected chi connectivity index (χ2v) is 3.86. The molecule has 0 aliphatic rings. The third kappa shape index (κ3) is 2.32.